The normalized spacial score (nSPS) is 20.8. The van der Waals surface area contributed by atoms with E-state index in [1.54, 1.807) is 19.2 Å². The van der Waals surface area contributed by atoms with E-state index in [-0.39, 0.29) is 11.9 Å². The van der Waals surface area contributed by atoms with E-state index >= 15 is 0 Å². The molecule has 0 aliphatic carbocycles. The summed E-state index contributed by atoms with van der Waals surface area (Å²) in [7, 11) is 3.82. The Morgan fingerprint density at radius 2 is 1.96 bits per heavy atom. The number of hydrogen-bond donors (Lipinski definition) is 1. The molecule has 2 N–H and O–H groups in total. The number of likely N-dealkylation sites (tertiary alicyclic amines) is 1. The van der Waals surface area contributed by atoms with E-state index in [4.69, 9.17) is 15.2 Å². The van der Waals surface area contributed by atoms with Gasteiger partial charge in [0.05, 0.1) is 7.11 Å². The molecule has 5 heteroatoms. The van der Waals surface area contributed by atoms with E-state index in [1.807, 2.05) is 18.2 Å². The van der Waals surface area contributed by atoms with Crippen LogP contribution in [-0.2, 0) is 13.0 Å². The van der Waals surface area contributed by atoms with Gasteiger partial charge in [-0.2, -0.15) is 0 Å². The molecule has 2 aromatic carbocycles. The van der Waals surface area contributed by atoms with Gasteiger partial charge in [0.2, 0.25) is 0 Å². The number of benzene rings is 2. The van der Waals surface area contributed by atoms with Crippen LogP contribution >= 0.6 is 0 Å². The molecule has 0 spiro atoms. The molecule has 0 amide bonds. The van der Waals surface area contributed by atoms with Gasteiger partial charge in [-0.25, -0.2) is 4.39 Å². The van der Waals surface area contributed by atoms with E-state index in [1.165, 1.54) is 12.1 Å². The Hall–Kier alpha value is -2.11. The van der Waals surface area contributed by atoms with Crippen molar-refractivity contribution in [2.45, 2.75) is 38.0 Å². The summed E-state index contributed by atoms with van der Waals surface area (Å²) in [6, 6.07) is 12.9. The molecule has 2 unspecified atom stereocenters. The summed E-state index contributed by atoms with van der Waals surface area (Å²) in [4.78, 5) is 2.37. The van der Waals surface area contributed by atoms with Crippen LogP contribution in [0, 0.1) is 5.82 Å². The Labute approximate surface area is 154 Å². The summed E-state index contributed by atoms with van der Waals surface area (Å²) in [5.74, 6) is 1.41. The molecule has 0 aromatic heterocycles. The minimum absolute atomic E-state index is 0.240. The van der Waals surface area contributed by atoms with Gasteiger partial charge in [-0.1, -0.05) is 12.1 Å². The molecule has 3 rings (SSSR count). The van der Waals surface area contributed by atoms with Crippen molar-refractivity contribution < 1.29 is 13.9 Å². The average molecular weight is 358 g/mol. The average Bonchev–Trinajstić information content (AvgIpc) is 2.65. The Morgan fingerprint density at radius 1 is 1.19 bits per heavy atom. The van der Waals surface area contributed by atoms with Crippen LogP contribution in [0.2, 0.25) is 0 Å². The van der Waals surface area contributed by atoms with E-state index < -0.39 is 0 Å². The molecular formula is C21H27FN2O2. The fraction of sp³-hybridized carbons (Fsp3) is 0.429. The van der Waals surface area contributed by atoms with Gasteiger partial charge >= 0.3 is 0 Å². The summed E-state index contributed by atoms with van der Waals surface area (Å²) in [6.07, 6.45) is 2.88. The molecule has 140 valence electrons. The predicted octanol–water partition coefficient (Wildman–Crippen LogP) is 3.38. The lowest BCUT2D eigenvalue weighted by Gasteiger charge is -2.36. The number of rotatable bonds is 6. The van der Waals surface area contributed by atoms with Crippen LogP contribution in [0.4, 0.5) is 4.39 Å². The Balaban J connectivity index is 1.75. The molecule has 26 heavy (non-hydrogen) atoms. The number of likely N-dealkylation sites (N-methyl/N-ethyl adjacent to an activating group) is 1. The fourth-order valence-electron chi connectivity index (χ4n) is 3.42. The molecule has 1 heterocycles. The number of hydrogen-bond acceptors (Lipinski definition) is 4. The Morgan fingerprint density at radius 3 is 2.69 bits per heavy atom. The molecular weight excluding hydrogens is 331 g/mol. The van der Waals surface area contributed by atoms with Gasteiger partial charge in [0.15, 0.2) is 0 Å². The molecule has 1 aliphatic heterocycles. The van der Waals surface area contributed by atoms with Crippen LogP contribution in [-0.4, -0.2) is 37.7 Å². The van der Waals surface area contributed by atoms with Gasteiger partial charge in [0, 0.05) is 12.1 Å². The topological polar surface area (TPSA) is 47.7 Å². The Bertz CT molecular complexity index is 720. The van der Waals surface area contributed by atoms with Crippen molar-refractivity contribution in [3.63, 3.8) is 0 Å². The van der Waals surface area contributed by atoms with Crippen molar-refractivity contribution in [1.82, 2.24) is 4.90 Å². The van der Waals surface area contributed by atoms with Crippen LogP contribution < -0.4 is 15.2 Å². The highest BCUT2D eigenvalue weighted by Gasteiger charge is 2.25. The highest BCUT2D eigenvalue weighted by Crippen LogP contribution is 2.29. The second kappa shape index (κ2) is 8.52. The van der Waals surface area contributed by atoms with Crippen LogP contribution in [0.3, 0.4) is 0 Å². The number of nitrogens with zero attached hydrogens (tertiary/aromatic N) is 1. The van der Waals surface area contributed by atoms with Crippen LogP contribution in [0.1, 0.15) is 24.0 Å². The van der Waals surface area contributed by atoms with E-state index in [0.29, 0.717) is 12.6 Å². The van der Waals surface area contributed by atoms with Crippen molar-refractivity contribution in [2.75, 3.05) is 20.7 Å². The van der Waals surface area contributed by atoms with Crippen molar-refractivity contribution in [3.05, 3.63) is 59.4 Å². The van der Waals surface area contributed by atoms with Crippen LogP contribution in [0.5, 0.6) is 11.5 Å². The van der Waals surface area contributed by atoms with Gasteiger partial charge < -0.3 is 20.1 Å². The van der Waals surface area contributed by atoms with Crippen molar-refractivity contribution in [3.8, 4) is 11.5 Å². The molecule has 1 saturated heterocycles. The number of ether oxygens (including phenoxy) is 2. The maximum Gasteiger partial charge on any atom is 0.123 e. The van der Waals surface area contributed by atoms with Gasteiger partial charge in [-0.3, -0.25) is 0 Å². The summed E-state index contributed by atoms with van der Waals surface area (Å²) in [6.45, 7) is 1.42. The third kappa shape index (κ3) is 4.74. The number of piperidine rings is 1. The minimum Gasteiger partial charge on any atom is -0.497 e. The van der Waals surface area contributed by atoms with Crippen LogP contribution in [0.15, 0.2) is 42.5 Å². The van der Waals surface area contributed by atoms with E-state index in [0.717, 1.165) is 48.4 Å². The lowest BCUT2D eigenvalue weighted by atomic mass is 9.93. The first-order valence-corrected chi connectivity index (χ1v) is 9.05. The number of nitrogens with two attached hydrogens (primary N) is 1. The number of halogens is 1. The van der Waals surface area contributed by atoms with Gasteiger partial charge in [-0.05, 0) is 74.3 Å². The van der Waals surface area contributed by atoms with Crippen molar-refractivity contribution in [1.29, 1.82) is 0 Å². The standard InChI is InChI=1S/C21H27FN2O2/c1-24-10-9-18(23)13-19(24)11-16-12-20(25-2)7-8-21(16)26-14-15-3-5-17(22)6-4-15/h3-8,12,18-19H,9-11,13-14,23H2,1-2H3. The largest absolute Gasteiger partial charge is 0.497 e. The highest BCUT2D eigenvalue weighted by molar-refractivity contribution is 5.41. The Kier molecular flexibility index (Phi) is 6.12. The summed E-state index contributed by atoms with van der Waals surface area (Å²) in [5.41, 5.74) is 8.21. The van der Waals surface area contributed by atoms with Gasteiger partial charge in [0.25, 0.3) is 0 Å². The zero-order valence-corrected chi connectivity index (χ0v) is 15.5. The maximum absolute atomic E-state index is 13.1. The molecule has 2 aromatic rings. The predicted molar refractivity (Wildman–Crippen MR) is 101 cm³/mol. The van der Waals surface area contributed by atoms with E-state index in [9.17, 15) is 4.39 Å². The first-order chi connectivity index (χ1) is 12.5. The molecule has 4 nitrogen and oxygen atoms in total. The lowest BCUT2D eigenvalue weighted by Crippen LogP contribution is -2.45. The van der Waals surface area contributed by atoms with Crippen LogP contribution in [0.25, 0.3) is 0 Å². The summed E-state index contributed by atoms with van der Waals surface area (Å²) < 4.78 is 24.5. The fourth-order valence-corrected chi connectivity index (χ4v) is 3.42. The molecule has 0 radical (unpaired) electrons. The van der Waals surface area contributed by atoms with Gasteiger partial charge in [0.1, 0.15) is 23.9 Å². The third-order valence-electron chi connectivity index (χ3n) is 5.08. The molecule has 2 atom stereocenters. The number of methoxy groups -OCH3 is 1. The highest BCUT2D eigenvalue weighted by atomic mass is 19.1. The smallest absolute Gasteiger partial charge is 0.123 e. The summed E-state index contributed by atoms with van der Waals surface area (Å²) in [5, 5.41) is 0. The second-order valence-corrected chi connectivity index (χ2v) is 7.01. The maximum atomic E-state index is 13.1. The zero-order chi connectivity index (χ0) is 18.5. The molecule has 1 fully saturated rings. The van der Waals surface area contributed by atoms with Crippen molar-refractivity contribution in [2.24, 2.45) is 5.73 Å². The zero-order valence-electron chi connectivity index (χ0n) is 15.5. The molecule has 1 aliphatic rings. The molecule has 0 bridgehead atoms. The van der Waals surface area contributed by atoms with E-state index in [2.05, 4.69) is 11.9 Å². The lowest BCUT2D eigenvalue weighted by molar-refractivity contribution is 0.168. The monoisotopic (exact) mass is 358 g/mol. The van der Waals surface area contributed by atoms with Crippen molar-refractivity contribution >= 4 is 0 Å². The first kappa shape index (κ1) is 18.7. The summed E-state index contributed by atoms with van der Waals surface area (Å²) >= 11 is 0. The SMILES string of the molecule is COc1ccc(OCc2ccc(F)cc2)c(CC2CC(N)CCN2C)c1. The second-order valence-electron chi connectivity index (χ2n) is 7.01. The first-order valence-electron chi connectivity index (χ1n) is 9.05. The third-order valence-corrected chi connectivity index (χ3v) is 5.08. The quantitative estimate of drug-likeness (QED) is 0.860. The van der Waals surface area contributed by atoms with Gasteiger partial charge in [-0.15, -0.1) is 0 Å². The minimum atomic E-state index is -0.240. The molecule has 0 saturated carbocycles.